The number of anilines is 1. The maximum Gasteiger partial charge on any atom is 0.338 e. The fourth-order valence-corrected chi connectivity index (χ4v) is 7.74. The van der Waals surface area contributed by atoms with Crippen molar-refractivity contribution in [2.45, 2.75) is 43.9 Å². The van der Waals surface area contributed by atoms with E-state index >= 15 is 0 Å². The van der Waals surface area contributed by atoms with E-state index in [1.165, 1.54) is 53.7 Å². The molecule has 2 aliphatic heterocycles. The number of thiazole rings is 1. The number of aromatic nitrogens is 1. The number of ether oxygens (including phenoxy) is 2. The Morgan fingerprint density at radius 2 is 1.92 bits per heavy atom. The van der Waals surface area contributed by atoms with Crippen LogP contribution >= 0.6 is 22.9 Å². The van der Waals surface area contributed by atoms with Crippen LogP contribution in [0.2, 0.25) is 5.02 Å². The number of carbonyl (C=O) groups is 3. The molecule has 2 fully saturated rings. The number of halogens is 3. The number of carbonyl (C=O) groups excluding carboxylic acids is 2. The normalized spacial score (nSPS) is 22.7. The zero-order valence-electron chi connectivity index (χ0n) is 28.6. The molecule has 1 unspecified atom stereocenters. The summed E-state index contributed by atoms with van der Waals surface area (Å²) in [7, 11) is 3.24. The van der Waals surface area contributed by atoms with E-state index < -0.39 is 35.5 Å². The van der Waals surface area contributed by atoms with Gasteiger partial charge in [0.25, 0.3) is 0 Å². The molecule has 3 aromatic rings. The molecule has 1 aliphatic carbocycles. The van der Waals surface area contributed by atoms with E-state index in [0.29, 0.717) is 79.5 Å². The Kier molecular flexibility index (Phi) is 11.8. The van der Waals surface area contributed by atoms with Crippen LogP contribution in [0, 0.1) is 17.6 Å². The van der Waals surface area contributed by atoms with Crippen LogP contribution in [0.1, 0.15) is 42.3 Å². The number of piperazine rings is 1. The van der Waals surface area contributed by atoms with E-state index in [1.54, 1.807) is 12.3 Å². The fraction of sp³-hybridized carbons (Fsp3) is 0.417. The maximum absolute atomic E-state index is 14.9. The molecule has 1 aromatic heterocycles. The lowest BCUT2D eigenvalue weighted by Gasteiger charge is -2.41. The van der Waals surface area contributed by atoms with Crippen molar-refractivity contribution in [1.29, 1.82) is 0 Å². The number of hydrogen-bond acceptors (Lipinski definition) is 11. The molecule has 2 atom stereocenters. The van der Waals surface area contributed by atoms with Crippen molar-refractivity contribution in [2.75, 3.05) is 51.8 Å². The predicted octanol–water partition coefficient (Wildman–Crippen LogP) is 4.89. The van der Waals surface area contributed by atoms with Gasteiger partial charge < -0.3 is 24.8 Å². The molecule has 3 aliphatic rings. The number of rotatable bonds is 12. The second-order valence-corrected chi connectivity index (χ2v) is 14.4. The van der Waals surface area contributed by atoms with Crippen molar-refractivity contribution >= 4 is 52.8 Å². The molecule has 1 amide bonds. The zero-order chi connectivity index (χ0) is 36.9. The Morgan fingerprint density at radius 1 is 1.13 bits per heavy atom. The van der Waals surface area contributed by atoms with Crippen LogP contribution in [0.25, 0.3) is 0 Å². The lowest BCUT2D eigenvalue weighted by molar-refractivity contribution is -0.143. The van der Waals surface area contributed by atoms with E-state index in [4.69, 9.17) is 26.1 Å². The van der Waals surface area contributed by atoms with Crippen LogP contribution in [0.3, 0.4) is 0 Å². The van der Waals surface area contributed by atoms with Gasteiger partial charge in [0.15, 0.2) is 10.8 Å². The molecule has 16 heteroatoms. The van der Waals surface area contributed by atoms with Crippen LogP contribution in [0.5, 0.6) is 5.75 Å². The zero-order valence-corrected chi connectivity index (χ0v) is 30.2. The first-order chi connectivity index (χ1) is 25.0. The summed E-state index contributed by atoms with van der Waals surface area (Å²) in [5.41, 5.74) is 1.52. The van der Waals surface area contributed by atoms with E-state index in [0.717, 1.165) is 0 Å². The van der Waals surface area contributed by atoms with Gasteiger partial charge in [-0.2, -0.15) is 0 Å². The number of aliphatic imine (C=N–C) groups is 1. The quantitative estimate of drug-likeness (QED) is 0.194. The van der Waals surface area contributed by atoms with Gasteiger partial charge in [-0.3, -0.25) is 24.4 Å². The summed E-state index contributed by atoms with van der Waals surface area (Å²) >= 11 is 7.87. The molecule has 0 spiro atoms. The summed E-state index contributed by atoms with van der Waals surface area (Å²) in [5, 5.41) is 15.1. The predicted molar refractivity (Wildman–Crippen MR) is 192 cm³/mol. The van der Waals surface area contributed by atoms with Gasteiger partial charge in [-0.25, -0.2) is 18.6 Å². The van der Waals surface area contributed by atoms with Gasteiger partial charge >= 0.3 is 11.9 Å². The molecular weight excluding hydrogens is 718 g/mol. The number of benzene rings is 2. The third kappa shape index (κ3) is 8.60. The van der Waals surface area contributed by atoms with Gasteiger partial charge in [0.05, 0.1) is 24.7 Å². The molecule has 3 heterocycles. The first-order valence-electron chi connectivity index (χ1n) is 16.9. The average Bonchev–Trinajstić information content (AvgIpc) is 3.67. The SMILES string of the molecule is COC(=O)C1=C(CN2CCN(C)C(CN(C=O)c3cc(F)cc(OC4CCC(C(=O)O)CC4)c3)C2)NC(c2nccs2)=N[C@H]1c1ccc(F)cc1Cl. The van der Waals surface area contributed by atoms with Crippen molar-refractivity contribution < 1.29 is 37.7 Å². The summed E-state index contributed by atoms with van der Waals surface area (Å²) in [4.78, 5) is 52.1. The Balaban J connectivity index is 1.21. The lowest BCUT2D eigenvalue weighted by atomic mass is 9.87. The molecule has 276 valence electrons. The standard InChI is InChI=1S/C36H39ClF2N6O6S/c1-43-10-11-44(17-25(43)18-45(20-46)24-13-23(39)14-27(16-24)51-26-6-3-21(4-7-26)35(47)48)19-30-31(36(49)50-2)32(28-8-5-22(38)15-29(28)37)42-33(41-30)34-40-9-12-52-34/h5,8-9,12-16,20-21,25-26,32H,3-4,6-7,10-11,17-19H2,1-2H3,(H,41,42)(H,47,48)/t21?,25?,26?,32-/m0/s1. The number of likely N-dealkylation sites (N-methyl/N-ethyl adjacent to an activating group) is 1. The van der Waals surface area contributed by atoms with Crippen molar-refractivity contribution in [2.24, 2.45) is 10.9 Å². The number of amides is 1. The van der Waals surface area contributed by atoms with Gasteiger partial charge in [0.2, 0.25) is 6.41 Å². The van der Waals surface area contributed by atoms with Crippen LogP contribution in [0.15, 0.2) is 64.2 Å². The smallest absolute Gasteiger partial charge is 0.338 e. The van der Waals surface area contributed by atoms with Crippen LogP contribution in [0.4, 0.5) is 14.5 Å². The van der Waals surface area contributed by atoms with Gasteiger partial charge in [0.1, 0.15) is 23.4 Å². The van der Waals surface area contributed by atoms with Gasteiger partial charge in [-0.1, -0.05) is 17.7 Å². The molecule has 1 saturated carbocycles. The van der Waals surface area contributed by atoms with Crippen LogP contribution in [-0.4, -0.2) is 103 Å². The Bertz CT molecular complexity index is 1850. The Morgan fingerprint density at radius 3 is 2.60 bits per heavy atom. The summed E-state index contributed by atoms with van der Waals surface area (Å²) < 4.78 is 40.2. The number of aliphatic carboxylic acids is 1. The number of carboxylic acid groups (broad SMARTS) is 1. The monoisotopic (exact) mass is 756 g/mol. The molecule has 52 heavy (non-hydrogen) atoms. The number of carboxylic acids is 1. The first kappa shape index (κ1) is 37.3. The minimum atomic E-state index is -0.902. The highest BCUT2D eigenvalue weighted by Gasteiger charge is 2.36. The van der Waals surface area contributed by atoms with Crippen molar-refractivity contribution in [1.82, 2.24) is 20.1 Å². The molecule has 0 radical (unpaired) electrons. The van der Waals surface area contributed by atoms with Crippen molar-refractivity contribution in [3.63, 3.8) is 0 Å². The third-order valence-corrected chi connectivity index (χ3v) is 10.8. The summed E-state index contributed by atoms with van der Waals surface area (Å²) in [6.45, 7) is 2.26. The van der Waals surface area contributed by atoms with Crippen molar-refractivity contribution in [3.05, 3.63) is 86.5 Å². The molecule has 2 aromatic carbocycles. The number of amidine groups is 1. The summed E-state index contributed by atoms with van der Waals surface area (Å²) in [6.07, 6.45) is 4.12. The highest BCUT2D eigenvalue weighted by Crippen LogP contribution is 2.37. The Labute approximate surface area is 308 Å². The van der Waals surface area contributed by atoms with E-state index in [2.05, 4.69) is 20.1 Å². The molecule has 12 nitrogen and oxygen atoms in total. The second kappa shape index (κ2) is 16.5. The van der Waals surface area contributed by atoms with E-state index in [1.807, 2.05) is 12.4 Å². The second-order valence-electron chi connectivity index (χ2n) is 13.1. The van der Waals surface area contributed by atoms with E-state index in [9.17, 15) is 28.3 Å². The third-order valence-electron chi connectivity index (χ3n) is 9.71. The largest absolute Gasteiger partial charge is 0.490 e. The van der Waals surface area contributed by atoms with Crippen LogP contribution < -0.4 is 15.0 Å². The van der Waals surface area contributed by atoms with Gasteiger partial charge in [-0.15, -0.1) is 11.3 Å². The molecule has 6 rings (SSSR count). The highest BCUT2D eigenvalue weighted by atomic mass is 35.5. The molecule has 0 bridgehead atoms. The number of nitrogens with one attached hydrogen (secondary N) is 1. The first-order valence-corrected chi connectivity index (χ1v) is 18.1. The van der Waals surface area contributed by atoms with E-state index in [-0.39, 0.29) is 41.6 Å². The number of hydrogen-bond donors (Lipinski definition) is 2. The minimum Gasteiger partial charge on any atom is -0.490 e. The van der Waals surface area contributed by atoms with Gasteiger partial charge in [-0.05, 0) is 50.9 Å². The highest BCUT2D eigenvalue weighted by molar-refractivity contribution is 7.11. The fourth-order valence-electron chi connectivity index (χ4n) is 6.88. The Hall–Kier alpha value is -4.44. The minimum absolute atomic E-state index is 0.111. The average molecular weight is 757 g/mol. The lowest BCUT2D eigenvalue weighted by Crippen LogP contribution is -2.56. The number of methoxy groups -OCH3 is 1. The molecule has 2 N–H and O–H groups in total. The maximum atomic E-state index is 14.9. The summed E-state index contributed by atoms with van der Waals surface area (Å²) in [5.74, 6) is -2.21. The van der Waals surface area contributed by atoms with Crippen LogP contribution in [-0.2, 0) is 19.1 Å². The van der Waals surface area contributed by atoms with Gasteiger partial charge in [0, 0.05) is 84.4 Å². The number of nitrogens with zero attached hydrogens (tertiary/aromatic N) is 5. The summed E-state index contributed by atoms with van der Waals surface area (Å²) in [6, 6.07) is 7.03. The topological polar surface area (TPSA) is 137 Å². The van der Waals surface area contributed by atoms with Crippen molar-refractivity contribution in [3.8, 4) is 5.75 Å². The molecule has 1 saturated heterocycles. The molecular formula is C36H39ClF2N6O6S. The number of esters is 1.